The highest BCUT2D eigenvalue weighted by molar-refractivity contribution is 7.99. The van der Waals surface area contributed by atoms with Crippen LogP contribution >= 0.6 is 11.8 Å². The molecule has 0 unspecified atom stereocenters. The summed E-state index contributed by atoms with van der Waals surface area (Å²) in [6.45, 7) is 9.94. The Labute approximate surface area is 142 Å². The Balaban J connectivity index is 1.88. The SMILES string of the molecule is Cc1ccc(SC[C@H](C)NC(=O)[C@H](C)c2c(C)n[nH]c2C)cc1. The molecule has 1 amide bonds. The Morgan fingerprint density at radius 2 is 1.87 bits per heavy atom. The van der Waals surface area contributed by atoms with Gasteiger partial charge in [0.25, 0.3) is 0 Å². The molecule has 124 valence electrons. The number of aryl methyl sites for hydroxylation is 3. The number of hydrogen-bond donors (Lipinski definition) is 2. The number of aromatic nitrogens is 2. The van der Waals surface area contributed by atoms with Gasteiger partial charge >= 0.3 is 0 Å². The van der Waals surface area contributed by atoms with E-state index < -0.39 is 0 Å². The van der Waals surface area contributed by atoms with Gasteiger partial charge in [-0.25, -0.2) is 0 Å². The van der Waals surface area contributed by atoms with Gasteiger partial charge in [0.05, 0.1) is 11.6 Å². The molecule has 0 saturated heterocycles. The third-order valence-corrected chi connectivity index (χ3v) is 5.19. The van der Waals surface area contributed by atoms with Gasteiger partial charge in [0.15, 0.2) is 0 Å². The van der Waals surface area contributed by atoms with Gasteiger partial charge in [-0.15, -0.1) is 11.8 Å². The normalized spacial score (nSPS) is 13.6. The van der Waals surface area contributed by atoms with Crippen LogP contribution in [0.25, 0.3) is 0 Å². The minimum Gasteiger partial charge on any atom is -0.352 e. The van der Waals surface area contributed by atoms with Crippen molar-refractivity contribution >= 4 is 17.7 Å². The molecular formula is C18H25N3OS. The lowest BCUT2D eigenvalue weighted by Crippen LogP contribution is -2.37. The van der Waals surface area contributed by atoms with Crippen molar-refractivity contribution < 1.29 is 4.79 Å². The van der Waals surface area contributed by atoms with E-state index in [1.165, 1.54) is 10.5 Å². The van der Waals surface area contributed by atoms with Crippen LogP contribution in [0.15, 0.2) is 29.2 Å². The number of nitrogens with one attached hydrogen (secondary N) is 2. The van der Waals surface area contributed by atoms with E-state index in [4.69, 9.17) is 0 Å². The van der Waals surface area contributed by atoms with Crippen LogP contribution in [0.2, 0.25) is 0 Å². The van der Waals surface area contributed by atoms with Crippen molar-refractivity contribution in [1.82, 2.24) is 15.5 Å². The molecule has 2 atom stereocenters. The molecule has 0 aliphatic rings. The van der Waals surface area contributed by atoms with Gasteiger partial charge in [0, 0.05) is 27.9 Å². The average molecular weight is 331 g/mol. The topological polar surface area (TPSA) is 57.8 Å². The second-order valence-corrected chi connectivity index (χ2v) is 7.20. The third-order valence-electron chi connectivity index (χ3n) is 3.92. The number of carbonyl (C=O) groups excluding carboxylic acids is 1. The van der Waals surface area contributed by atoms with Crippen LogP contribution in [0.1, 0.15) is 42.3 Å². The van der Waals surface area contributed by atoms with Crippen molar-refractivity contribution in [1.29, 1.82) is 0 Å². The summed E-state index contributed by atoms with van der Waals surface area (Å²) < 4.78 is 0. The second kappa shape index (κ2) is 7.68. The van der Waals surface area contributed by atoms with Crippen molar-refractivity contribution in [2.24, 2.45) is 0 Å². The lowest BCUT2D eigenvalue weighted by molar-refractivity contribution is -0.122. The summed E-state index contributed by atoms with van der Waals surface area (Å²) in [7, 11) is 0. The van der Waals surface area contributed by atoms with E-state index in [2.05, 4.69) is 46.7 Å². The molecular weight excluding hydrogens is 306 g/mol. The van der Waals surface area contributed by atoms with Crippen molar-refractivity contribution in [3.05, 3.63) is 46.8 Å². The molecule has 2 rings (SSSR count). The van der Waals surface area contributed by atoms with Crippen LogP contribution in [0.3, 0.4) is 0 Å². The number of aromatic amines is 1. The number of benzene rings is 1. The zero-order valence-electron chi connectivity index (χ0n) is 14.4. The van der Waals surface area contributed by atoms with E-state index in [0.29, 0.717) is 0 Å². The molecule has 2 N–H and O–H groups in total. The molecule has 1 heterocycles. The maximum Gasteiger partial charge on any atom is 0.227 e. The van der Waals surface area contributed by atoms with Gasteiger partial charge in [0.1, 0.15) is 0 Å². The summed E-state index contributed by atoms with van der Waals surface area (Å²) in [6, 6.07) is 8.57. The molecule has 0 aliphatic heterocycles. The fourth-order valence-corrected chi connectivity index (χ4v) is 3.45. The molecule has 23 heavy (non-hydrogen) atoms. The van der Waals surface area contributed by atoms with Crippen molar-refractivity contribution in [3.8, 4) is 0 Å². The first kappa shape index (κ1) is 17.6. The van der Waals surface area contributed by atoms with Crippen LogP contribution in [0, 0.1) is 20.8 Å². The lowest BCUT2D eigenvalue weighted by atomic mass is 9.98. The minimum atomic E-state index is -0.194. The molecule has 0 saturated carbocycles. The minimum absolute atomic E-state index is 0.0506. The molecule has 0 bridgehead atoms. The molecule has 0 radical (unpaired) electrons. The maximum atomic E-state index is 12.5. The highest BCUT2D eigenvalue weighted by atomic mass is 32.2. The highest BCUT2D eigenvalue weighted by Gasteiger charge is 2.22. The molecule has 2 aromatic rings. The first-order valence-corrected chi connectivity index (χ1v) is 8.88. The van der Waals surface area contributed by atoms with E-state index >= 15 is 0 Å². The zero-order chi connectivity index (χ0) is 17.0. The molecule has 4 nitrogen and oxygen atoms in total. The van der Waals surface area contributed by atoms with Crippen molar-refractivity contribution in [2.45, 2.75) is 51.5 Å². The van der Waals surface area contributed by atoms with Crippen molar-refractivity contribution in [3.63, 3.8) is 0 Å². The van der Waals surface area contributed by atoms with Crippen LogP contribution in [-0.4, -0.2) is 27.9 Å². The quantitative estimate of drug-likeness (QED) is 0.793. The molecule has 5 heteroatoms. The van der Waals surface area contributed by atoms with Crippen LogP contribution in [0.5, 0.6) is 0 Å². The summed E-state index contributed by atoms with van der Waals surface area (Å²) in [4.78, 5) is 13.7. The summed E-state index contributed by atoms with van der Waals surface area (Å²) in [5, 5.41) is 10.2. The third kappa shape index (κ3) is 4.61. The van der Waals surface area contributed by atoms with Crippen LogP contribution in [0.4, 0.5) is 0 Å². The fourth-order valence-electron chi connectivity index (χ4n) is 2.59. The summed E-state index contributed by atoms with van der Waals surface area (Å²) in [6.07, 6.45) is 0. The first-order chi connectivity index (χ1) is 10.9. The van der Waals surface area contributed by atoms with E-state index in [0.717, 1.165) is 22.7 Å². The van der Waals surface area contributed by atoms with E-state index in [9.17, 15) is 4.79 Å². The van der Waals surface area contributed by atoms with E-state index in [1.54, 1.807) is 11.8 Å². The van der Waals surface area contributed by atoms with Gasteiger partial charge in [-0.3, -0.25) is 9.89 Å². The number of nitrogens with zero attached hydrogens (tertiary/aromatic N) is 1. The molecule has 1 aromatic carbocycles. The Kier molecular flexibility index (Phi) is 5.88. The Bertz CT molecular complexity index is 644. The van der Waals surface area contributed by atoms with Gasteiger partial charge in [-0.05, 0) is 46.8 Å². The Morgan fingerprint density at radius 3 is 2.43 bits per heavy atom. The maximum absolute atomic E-state index is 12.5. The monoisotopic (exact) mass is 331 g/mol. The van der Waals surface area contributed by atoms with Gasteiger partial charge in [-0.1, -0.05) is 17.7 Å². The van der Waals surface area contributed by atoms with Gasteiger partial charge in [0.2, 0.25) is 5.91 Å². The summed E-state index contributed by atoms with van der Waals surface area (Å²) in [5.41, 5.74) is 4.12. The Morgan fingerprint density at radius 1 is 1.22 bits per heavy atom. The standard InChI is InChI=1S/C18H25N3OS/c1-11-6-8-16(9-7-11)23-10-12(2)19-18(22)13(3)17-14(4)20-21-15(17)5/h6-9,12-13H,10H2,1-5H3,(H,19,22)(H,20,21)/t12-,13+/m0/s1. The van der Waals surface area contributed by atoms with E-state index in [1.807, 2.05) is 27.7 Å². The second-order valence-electron chi connectivity index (χ2n) is 6.10. The zero-order valence-corrected chi connectivity index (χ0v) is 15.3. The van der Waals surface area contributed by atoms with Crippen LogP contribution in [-0.2, 0) is 4.79 Å². The molecule has 0 aliphatic carbocycles. The molecule has 0 fully saturated rings. The lowest BCUT2D eigenvalue weighted by Gasteiger charge is -2.18. The number of rotatable bonds is 6. The fraction of sp³-hybridized carbons (Fsp3) is 0.444. The number of hydrogen-bond acceptors (Lipinski definition) is 3. The summed E-state index contributed by atoms with van der Waals surface area (Å²) in [5.74, 6) is 0.709. The Hall–Kier alpha value is -1.75. The number of thioether (sulfide) groups is 1. The summed E-state index contributed by atoms with van der Waals surface area (Å²) >= 11 is 1.76. The molecule has 1 aromatic heterocycles. The predicted molar refractivity (Wildman–Crippen MR) is 96.0 cm³/mol. The van der Waals surface area contributed by atoms with E-state index in [-0.39, 0.29) is 17.9 Å². The first-order valence-electron chi connectivity index (χ1n) is 7.89. The van der Waals surface area contributed by atoms with Crippen LogP contribution < -0.4 is 5.32 Å². The van der Waals surface area contributed by atoms with Gasteiger partial charge < -0.3 is 5.32 Å². The number of carbonyl (C=O) groups is 1. The van der Waals surface area contributed by atoms with Crippen molar-refractivity contribution in [2.75, 3.05) is 5.75 Å². The van der Waals surface area contributed by atoms with Gasteiger partial charge in [-0.2, -0.15) is 5.10 Å². The molecule has 0 spiro atoms. The number of amides is 1. The predicted octanol–water partition coefficient (Wildman–Crippen LogP) is 3.74. The highest BCUT2D eigenvalue weighted by Crippen LogP contribution is 2.22. The largest absolute Gasteiger partial charge is 0.352 e. The average Bonchev–Trinajstić information content (AvgIpc) is 2.85. The smallest absolute Gasteiger partial charge is 0.227 e. The number of H-pyrrole nitrogens is 1.